The lowest BCUT2D eigenvalue weighted by molar-refractivity contribution is 0.0603. The fourth-order valence-corrected chi connectivity index (χ4v) is 5.99. The number of ether oxygens (including phenoxy) is 1. The number of methoxy groups -OCH3 is 1. The van der Waals surface area contributed by atoms with Gasteiger partial charge in [-0.05, 0) is 40.6 Å². The van der Waals surface area contributed by atoms with E-state index in [2.05, 4.69) is 19.6 Å². The monoisotopic (exact) mass is 408 g/mol. The third-order valence-electron chi connectivity index (χ3n) is 4.95. The average Bonchev–Trinajstić information content (AvgIpc) is 3.03. The predicted molar refractivity (Wildman–Crippen MR) is 118 cm³/mol. The zero-order valence-electron chi connectivity index (χ0n) is 16.3. The van der Waals surface area contributed by atoms with Gasteiger partial charge in [0.2, 0.25) is 0 Å². The highest BCUT2D eigenvalue weighted by atomic mass is 35.5. The molecule has 0 unspecified atom stereocenters. The van der Waals surface area contributed by atoms with Crippen molar-refractivity contribution in [3.63, 3.8) is 0 Å². The molecule has 0 fully saturated rings. The Morgan fingerprint density at radius 3 is 2.36 bits per heavy atom. The maximum Gasteiger partial charge on any atom is 0.338 e. The number of halogens is 1. The Labute approximate surface area is 169 Å². The van der Waals surface area contributed by atoms with E-state index in [9.17, 15) is 4.79 Å². The van der Waals surface area contributed by atoms with Gasteiger partial charge in [0.25, 0.3) is 0 Å². The first-order valence-corrected chi connectivity index (χ1v) is 13.0. The summed E-state index contributed by atoms with van der Waals surface area (Å²) in [6.45, 7) is 6.69. The smallest absolute Gasteiger partial charge is 0.338 e. The van der Waals surface area contributed by atoms with Gasteiger partial charge >= 0.3 is 5.97 Å². The van der Waals surface area contributed by atoms with Gasteiger partial charge in [-0.15, -0.1) is 0 Å². The van der Waals surface area contributed by atoms with Crippen LogP contribution in [-0.4, -0.2) is 21.2 Å². The molecule has 0 amide bonds. The van der Waals surface area contributed by atoms with Crippen LogP contribution in [0.1, 0.15) is 10.4 Å². The fraction of sp³-hybridized carbons (Fsp3) is 0.174. The van der Waals surface area contributed by atoms with E-state index in [1.165, 1.54) is 7.11 Å². The summed E-state index contributed by atoms with van der Waals surface area (Å²) >= 11 is 6.28. The van der Waals surface area contributed by atoms with Gasteiger partial charge in [0.1, 0.15) is 11.2 Å². The van der Waals surface area contributed by atoms with E-state index in [-0.39, 0.29) is 5.97 Å². The fourth-order valence-electron chi connectivity index (χ4n) is 3.82. The van der Waals surface area contributed by atoms with Gasteiger partial charge in [0, 0.05) is 15.8 Å². The van der Waals surface area contributed by atoms with Gasteiger partial charge in [-0.2, -0.15) is 0 Å². The van der Waals surface area contributed by atoms with Crippen molar-refractivity contribution in [2.24, 2.45) is 0 Å². The summed E-state index contributed by atoms with van der Waals surface area (Å²) < 4.78 is 11.4. The molecule has 0 N–H and O–H groups in total. The minimum absolute atomic E-state index is 0.324. The quantitative estimate of drug-likeness (QED) is 0.297. The molecule has 0 aliphatic rings. The van der Waals surface area contributed by atoms with E-state index in [1.807, 2.05) is 54.6 Å². The van der Waals surface area contributed by atoms with Gasteiger partial charge in [-0.25, -0.2) is 4.79 Å². The molecule has 5 heteroatoms. The lowest BCUT2D eigenvalue weighted by atomic mass is 9.97. The first kappa shape index (κ1) is 18.8. The van der Waals surface area contributed by atoms with Gasteiger partial charge in [0.15, 0.2) is 0 Å². The molecular weight excluding hydrogens is 388 g/mol. The molecule has 142 valence electrons. The molecular formula is C23H21ClO3Si. The van der Waals surface area contributed by atoms with Crippen LogP contribution in [0, 0.1) is 0 Å². The largest absolute Gasteiger partial charge is 0.465 e. The highest BCUT2D eigenvalue weighted by molar-refractivity contribution is 6.91. The number of hydrogen-bond acceptors (Lipinski definition) is 3. The molecule has 1 aromatic heterocycles. The number of hydrogen-bond donors (Lipinski definition) is 0. The van der Waals surface area contributed by atoms with Crippen LogP contribution in [0.3, 0.4) is 0 Å². The Morgan fingerprint density at radius 2 is 1.71 bits per heavy atom. The first-order valence-electron chi connectivity index (χ1n) is 9.14. The lowest BCUT2D eigenvalue weighted by Gasteiger charge is -2.23. The first-order chi connectivity index (χ1) is 13.3. The molecule has 3 aromatic carbocycles. The molecule has 28 heavy (non-hydrogen) atoms. The maximum atomic E-state index is 13.0. The minimum atomic E-state index is -1.99. The van der Waals surface area contributed by atoms with Crippen molar-refractivity contribution in [1.82, 2.24) is 0 Å². The Hall–Kier alpha value is -2.56. The molecule has 0 aliphatic heterocycles. The highest BCUT2D eigenvalue weighted by Crippen LogP contribution is 2.36. The third kappa shape index (κ3) is 3.03. The molecule has 0 aliphatic carbocycles. The number of carbonyl (C=O) groups excluding carboxylic acids is 1. The van der Waals surface area contributed by atoms with Crippen molar-refractivity contribution in [2.75, 3.05) is 7.11 Å². The summed E-state index contributed by atoms with van der Waals surface area (Å²) in [6.07, 6.45) is 0. The van der Waals surface area contributed by atoms with Crippen LogP contribution >= 0.6 is 11.6 Å². The minimum Gasteiger partial charge on any atom is -0.465 e. The SMILES string of the molecule is COC(=O)c1c(-c2ccccc2)cc2oc3ccc(Cl)cc3c2c1[Si](C)(C)C. The molecule has 4 rings (SSSR count). The maximum absolute atomic E-state index is 13.0. The zero-order valence-corrected chi connectivity index (χ0v) is 18.1. The number of benzene rings is 3. The van der Waals surface area contributed by atoms with Gasteiger partial charge in [0.05, 0.1) is 20.7 Å². The van der Waals surface area contributed by atoms with E-state index in [1.54, 1.807) is 0 Å². The molecule has 0 saturated heterocycles. The van der Waals surface area contributed by atoms with E-state index in [0.29, 0.717) is 10.6 Å². The topological polar surface area (TPSA) is 39.4 Å². The number of carbonyl (C=O) groups is 1. The van der Waals surface area contributed by atoms with E-state index in [4.69, 9.17) is 20.8 Å². The summed E-state index contributed by atoms with van der Waals surface area (Å²) in [7, 11) is -0.558. The Kier molecular flexibility index (Phi) is 4.56. The van der Waals surface area contributed by atoms with Crippen LogP contribution in [0.25, 0.3) is 33.1 Å². The van der Waals surface area contributed by atoms with Crippen LogP contribution in [-0.2, 0) is 4.74 Å². The molecule has 3 nitrogen and oxygen atoms in total. The molecule has 0 atom stereocenters. The molecule has 0 spiro atoms. The van der Waals surface area contributed by atoms with Gasteiger partial charge in [-0.1, -0.05) is 61.6 Å². The van der Waals surface area contributed by atoms with Crippen LogP contribution in [0.15, 0.2) is 59.0 Å². The van der Waals surface area contributed by atoms with E-state index in [0.717, 1.165) is 38.3 Å². The Bertz CT molecular complexity index is 1200. The standard InChI is InChI=1S/C23H21ClO3Si/c1-26-23(25)21-16(14-8-6-5-7-9-14)13-19-20(22(21)28(2,3)4)17-12-15(24)10-11-18(17)27-19/h5-13H,1-4H3. The van der Waals surface area contributed by atoms with E-state index < -0.39 is 8.07 Å². The Morgan fingerprint density at radius 1 is 1.00 bits per heavy atom. The molecule has 0 radical (unpaired) electrons. The number of rotatable bonds is 3. The van der Waals surface area contributed by atoms with Crippen LogP contribution in [0.5, 0.6) is 0 Å². The number of esters is 1. The summed E-state index contributed by atoms with van der Waals surface area (Å²) in [4.78, 5) is 13.0. The molecule has 1 heterocycles. The highest BCUT2D eigenvalue weighted by Gasteiger charge is 2.32. The van der Waals surface area contributed by atoms with Crippen molar-refractivity contribution < 1.29 is 13.9 Å². The summed E-state index contributed by atoms with van der Waals surface area (Å²) in [5.41, 5.74) is 3.95. The lowest BCUT2D eigenvalue weighted by Crippen LogP contribution is -2.42. The van der Waals surface area contributed by atoms with Gasteiger partial charge in [-0.3, -0.25) is 0 Å². The predicted octanol–water partition coefficient (Wildman–Crippen LogP) is 6.24. The second-order valence-electron chi connectivity index (χ2n) is 7.90. The van der Waals surface area contributed by atoms with Gasteiger partial charge < -0.3 is 9.15 Å². The number of furan rings is 1. The zero-order chi connectivity index (χ0) is 20.1. The van der Waals surface area contributed by atoms with Crippen molar-refractivity contribution in [3.8, 4) is 11.1 Å². The molecule has 4 aromatic rings. The Balaban J connectivity index is 2.25. The average molecular weight is 409 g/mol. The summed E-state index contributed by atoms with van der Waals surface area (Å²) in [5, 5.41) is 3.58. The molecule has 0 bridgehead atoms. The van der Waals surface area contributed by atoms with Crippen molar-refractivity contribution in [3.05, 3.63) is 65.2 Å². The van der Waals surface area contributed by atoms with Crippen LogP contribution < -0.4 is 5.19 Å². The second-order valence-corrected chi connectivity index (χ2v) is 13.3. The van der Waals surface area contributed by atoms with Crippen molar-refractivity contribution in [2.45, 2.75) is 19.6 Å². The van der Waals surface area contributed by atoms with Crippen molar-refractivity contribution >= 4 is 52.8 Å². The van der Waals surface area contributed by atoms with Crippen LogP contribution in [0.2, 0.25) is 24.7 Å². The third-order valence-corrected chi connectivity index (χ3v) is 7.18. The van der Waals surface area contributed by atoms with E-state index >= 15 is 0 Å². The number of fused-ring (bicyclic) bond motifs is 3. The second kappa shape index (κ2) is 6.80. The summed E-state index contributed by atoms with van der Waals surface area (Å²) in [5.74, 6) is -0.324. The van der Waals surface area contributed by atoms with Crippen LogP contribution in [0.4, 0.5) is 0 Å². The van der Waals surface area contributed by atoms with Crippen molar-refractivity contribution in [1.29, 1.82) is 0 Å². The molecule has 0 saturated carbocycles. The normalized spacial score (nSPS) is 11.9. The summed E-state index contributed by atoms with van der Waals surface area (Å²) in [6, 6.07) is 17.5.